The number of halogens is 1. The average molecular weight is 296 g/mol. The summed E-state index contributed by atoms with van der Waals surface area (Å²) in [6.07, 6.45) is 5.46. The van der Waals surface area contributed by atoms with Crippen LogP contribution < -0.4 is 0 Å². The van der Waals surface area contributed by atoms with Crippen molar-refractivity contribution in [1.82, 2.24) is 9.97 Å². The largest absolute Gasteiger partial charge is 0.265 e. The van der Waals surface area contributed by atoms with Gasteiger partial charge >= 0.3 is 0 Å². The number of hydrogen-bond acceptors (Lipinski definition) is 2. The molecule has 2 rings (SSSR count). The van der Waals surface area contributed by atoms with Crippen molar-refractivity contribution in [3.8, 4) is 11.3 Å². The fourth-order valence-corrected chi connectivity index (χ4v) is 1.51. The molecular weight excluding hydrogens is 287 g/mol. The Hall–Kier alpha value is -0.970. The van der Waals surface area contributed by atoms with E-state index in [4.69, 9.17) is 0 Å². The normalized spacial score (nSPS) is 10.1. The predicted molar refractivity (Wildman–Crippen MR) is 64.9 cm³/mol. The van der Waals surface area contributed by atoms with Gasteiger partial charge in [-0.1, -0.05) is 0 Å². The van der Waals surface area contributed by atoms with Crippen LogP contribution in [0.1, 0.15) is 5.56 Å². The summed E-state index contributed by atoms with van der Waals surface area (Å²) >= 11 is 2.29. The number of pyridine rings is 2. The second-order valence-electron chi connectivity index (χ2n) is 3.05. The number of aryl methyl sites for hydroxylation is 1. The standard InChI is InChI=1S/C11H9IN2/c1-8-6-11(14-7-10(8)12)9-2-4-13-5-3-9/h2-7H,1H3. The third-order valence-corrected chi connectivity index (χ3v) is 3.15. The van der Waals surface area contributed by atoms with Crippen LogP contribution in [0.4, 0.5) is 0 Å². The molecular formula is C11H9IN2. The lowest BCUT2D eigenvalue weighted by Gasteiger charge is -2.02. The van der Waals surface area contributed by atoms with E-state index in [0.717, 1.165) is 11.3 Å². The first-order chi connectivity index (χ1) is 6.77. The Balaban J connectivity index is 2.48. The lowest BCUT2D eigenvalue weighted by atomic mass is 10.1. The van der Waals surface area contributed by atoms with Crippen molar-refractivity contribution >= 4 is 22.6 Å². The smallest absolute Gasteiger partial charge is 0.0706 e. The number of hydrogen-bond donors (Lipinski definition) is 0. The van der Waals surface area contributed by atoms with Gasteiger partial charge < -0.3 is 0 Å². The van der Waals surface area contributed by atoms with Gasteiger partial charge in [0, 0.05) is 27.7 Å². The molecule has 0 aliphatic rings. The summed E-state index contributed by atoms with van der Waals surface area (Å²) < 4.78 is 1.19. The zero-order valence-corrected chi connectivity index (χ0v) is 9.89. The molecule has 0 spiro atoms. The summed E-state index contributed by atoms with van der Waals surface area (Å²) in [6.45, 7) is 2.09. The van der Waals surface area contributed by atoms with Crippen LogP contribution in [-0.2, 0) is 0 Å². The van der Waals surface area contributed by atoms with E-state index in [1.54, 1.807) is 12.4 Å². The van der Waals surface area contributed by atoms with Crippen molar-refractivity contribution < 1.29 is 0 Å². The van der Waals surface area contributed by atoms with Gasteiger partial charge in [0.05, 0.1) is 5.69 Å². The molecule has 0 radical (unpaired) electrons. The molecule has 70 valence electrons. The fraction of sp³-hybridized carbons (Fsp3) is 0.0909. The number of aromatic nitrogens is 2. The summed E-state index contributed by atoms with van der Waals surface area (Å²) in [5.74, 6) is 0. The molecule has 0 aliphatic heterocycles. The van der Waals surface area contributed by atoms with Gasteiger partial charge in [-0.3, -0.25) is 9.97 Å². The molecule has 0 saturated carbocycles. The molecule has 0 bridgehead atoms. The molecule has 0 aromatic carbocycles. The van der Waals surface area contributed by atoms with Crippen molar-refractivity contribution in [3.63, 3.8) is 0 Å². The quantitative estimate of drug-likeness (QED) is 0.756. The molecule has 2 heterocycles. The Morgan fingerprint density at radius 2 is 1.93 bits per heavy atom. The Morgan fingerprint density at radius 1 is 1.21 bits per heavy atom. The van der Waals surface area contributed by atoms with E-state index in [2.05, 4.69) is 45.5 Å². The zero-order valence-electron chi connectivity index (χ0n) is 7.74. The van der Waals surface area contributed by atoms with E-state index in [-0.39, 0.29) is 0 Å². The maximum atomic E-state index is 4.37. The third-order valence-electron chi connectivity index (χ3n) is 2.02. The molecule has 2 aromatic rings. The molecule has 3 heteroatoms. The highest BCUT2D eigenvalue weighted by molar-refractivity contribution is 14.1. The molecule has 0 amide bonds. The Labute approximate surface area is 96.6 Å². The molecule has 0 aliphatic carbocycles. The molecule has 0 saturated heterocycles. The highest BCUT2D eigenvalue weighted by Crippen LogP contribution is 2.19. The van der Waals surface area contributed by atoms with E-state index in [0.29, 0.717) is 0 Å². The third kappa shape index (κ3) is 1.92. The van der Waals surface area contributed by atoms with E-state index in [9.17, 15) is 0 Å². The fourth-order valence-electron chi connectivity index (χ4n) is 1.22. The molecule has 0 fully saturated rings. The van der Waals surface area contributed by atoms with E-state index in [1.807, 2.05) is 18.3 Å². The Kier molecular flexibility index (Phi) is 2.77. The Morgan fingerprint density at radius 3 is 2.57 bits per heavy atom. The Bertz CT molecular complexity index is 440. The summed E-state index contributed by atoms with van der Waals surface area (Å²) in [4.78, 5) is 8.36. The maximum Gasteiger partial charge on any atom is 0.0706 e. The first-order valence-electron chi connectivity index (χ1n) is 4.30. The van der Waals surface area contributed by atoms with Gasteiger partial charge in [0.25, 0.3) is 0 Å². The second-order valence-corrected chi connectivity index (χ2v) is 4.22. The molecule has 0 N–H and O–H groups in total. The summed E-state index contributed by atoms with van der Waals surface area (Å²) in [6, 6.07) is 6.03. The van der Waals surface area contributed by atoms with Crippen molar-refractivity contribution in [1.29, 1.82) is 0 Å². The molecule has 2 aromatic heterocycles. The van der Waals surface area contributed by atoms with Crippen LogP contribution in [0.5, 0.6) is 0 Å². The van der Waals surface area contributed by atoms with Crippen molar-refractivity contribution in [2.45, 2.75) is 6.92 Å². The minimum atomic E-state index is 1.00. The number of rotatable bonds is 1. The summed E-state index contributed by atoms with van der Waals surface area (Å²) in [5.41, 5.74) is 3.37. The predicted octanol–water partition coefficient (Wildman–Crippen LogP) is 3.06. The van der Waals surface area contributed by atoms with E-state index >= 15 is 0 Å². The summed E-state index contributed by atoms with van der Waals surface area (Å²) in [7, 11) is 0. The van der Waals surface area contributed by atoms with Crippen molar-refractivity contribution in [2.75, 3.05) is 0 Å². The van der Waals surface area contributed by atoms with Crippen LogP contribution in [0.15, 0.2) is 36.8 Å². The first-order valence-corrected chi connectivity index (χ1v) is 5.38. The molecule has 2 nitrogen and oxygen atoms in total. The minimum absolute atomic E-state index is 1.00. The van der Waals surface area contributed by atoms with Gasteiger partial charge in [0.1, 0.15) is 0 Å². The van der Waals surface area contributed by atoms with Gasteiger partial charge in [-0.2, -0.15) is 0 Å². The van der Waals surface area contributed by atoms with Gasteiger partial charge in [-0.25, -0.2) is 0 Å². The summed E-state index contributed by atoms with van der Waals surface area (Å²) in [5, 5.41) is 0. The minimum Gasteiger partial charge on any atom is -0.265 e. The molecule has 0 unspecified atom stereocenters. The van der Waals surface area contributed by atoms with Gasteiger partial charge in [0.2, 0.25) is 0 Å². The van der Waals surface area contributed by atoms with Crippen LogP contribution in [0, 0.1) is 10.5 Å². The van der Waals surface area contributed by atoms with Crippen LogP contribution in [0.3, 0.4) is 0 Å². The van der Waals surface area contributed by atoms with Crippen LogP contribution >= 0.6 is 22.6 Å². The number of nitrogens with zero attached hydrogens (tertiary/aromatic N) is 2. The highest BCUT2D eigenvalue weighted by atomic mass is 127. The lowest BCUT2D eigenvalue weighted by molar-refractivity contribution is 1.25. The van der Waals surface area contributed by atoms with E-state index in [1.165, 1.54) is 9.13 Å². The van der Waals surface area contributed by atoms with E-state index < -0.39 is 0 Å². The topological polar surface area (TPSA) is 25.8 Å². The van der Waals surface area contributed by atoms with Crippen molar-refractivity contribution in [3.05, 3.63) is 45.9 Å². The second kappa shape index (κ2) is 4.04. The molecule has 0 atom stereocenters. The SMILES string of the molecule is Cc1cc(-c2ccncc2)ncc1I. The maximum absolute atomic E-state index is 4.37. The van der Waals surface area contributed by atoms with Crippen molar-refractivity contribution in [2.24, 2.45) is 0 Å². The van der Waals surface area contributed by atoms with Crippen LogP contribution in [0.2, 0.25) is 0 Å². The van der Waals surface area contributed by atoms with Crippen LogP contribution in [-0.4, -0.2) is 9.97 Å². The van der Waals surface area contributed by atoms with Crippen LogP contribution in [0.25, 0.3) is 11.3 Å². The first kappa shape index (κ1) is 9.58. The highest BCUT2D eigenvalue weighted by Gasteiger charge is 2.00. The monoisotopic (exact) mass is 296 g/mol. The zero-order chi connectivity index (χ0) is 9.97. The van der Waals surface area contributed by atoms with Gasteiger partial charge in [-0.15, -0.1) is 0 Å². The molecule has 14 heavy (non-hydrogen) atoms. The van der Waals surface area contributed by atoms with Gasteiger partial charge in [0.15, 0.2) is 0 Å². The lowest BCUT2D eigenvalue weighted by Crippen LogP contribution is -1.87. The van der Waals surface area contributed by atoms with Gasteiger partial charge in [-0.05, 0) is 53.3 Å². The average Bonchev–Trinajstić information content (AvgIpc) is 2.23.